The van der Waals surface area contributed by atoms with E-state index in [0.717, 1.165) is 19.0 Å². The Morgan fingerprint density at radius 2 is 2.21 bits per heavy atom. The second kappa shape index (κ2) is 6.82. The summed E-state index contributed by atoms with van der Waals surface area (Å²) in [6.45, 7) is 12.6. The minimum Gasteiger partial charge on any atom is -0.311 e. The van der Waals surface area contributed by atoms with Gasteiger partial charge in [-0.25, -0.2) is 0 Å². The van der Waals surface area contributed by atoms with Crippen molar-refractivity contribution in [1.29, 1.82) is 0 Å². The molecule has 0 radical (unpaired) electrons. The molecule has 1 aliphatic rings. The lowest BCUT2D eigenvalue weighted by molar-refractivity contribution is 0.0861. The number of piperazine rings is 1. The Balaban J connectivity index is 2.00. The molecule has 0 bridgehead atoms. The van der Waals surface area contributed by atoms with Gasteiger partial charge in [0.1, 0.15) is 0 Å². The first-order valence-corrected chi connectivity index (χ1v) is 8.29. The maximum Gasteiger partial charge on any atom is 0.0794 e. The van der Waals surface area contributed by atoms with Crippen molar-refractivity contribution in [2.45, 2.75) is 52.7 Å². The molecule has 0 aliphatic carbocycles. The fraction of sp³-hybridized carbons (Fsp3) is 0.800. The van der Waals surface area contributed by atoms with Gasteiger partial charge < -0.3 is 5.32 Å². The van der Waals surface area contributed by atoms with Gasteiger partial charge in [0.2, 0.25) is 0 Å². The van der Waals surface area contributed by atoms with Crippen molar-refractivity contribution in [3.05, 3.63) is 16.6 Å². The number of rotatable bonds is 5. The molecule has 2 heterocycles. The molecule has 1 fully saturated rings. The number of hydrogen-bond acceptors (Lipinski definition) is 4. The molecule has 0 saturated carbocycles. The van der Waals surface area contributed by atoms with E-state index in [9.17, 15) is 0 Å². The number of hydrogen-bond donors (Lipinski definition) is 1. The molecule has 0 amide bonds. The second-order valence-corrected chi connectivity index (χ2v) is 7.41. The molecule has 1 N–H and O–H groups in total. The molecule has 1 aliphatic heterocycles. The van der Waals surface area contributed by atoms with Crippen LogP contribution in [0.3, 0.4) is 0 Å². The first-order chi connectivity index (χ1) is 9.06. The van der Waals surface area contributed by atoms with Gasteiger partial charge in [0.25, 0.3) is 0 Å². The predicted molar refractivity (Wildman–Crippen MR) is 82.4 cm³/mol. The molecule has 0 spiro atoms. The molecule has 1 aromatic heterocycles. The summed E-state index contributed by atoms with van der Waals surface area (Å²) in [5, 5.41) is 3.74. The maximum atomic E-state index is 4.20. The average molecular weight is 281 g/mol. The van der Waals surface area contributed by atoms with E-state index in [1.807, 2.05) is 11.7 Å². The van der Waals surface area contributed by atoms with E-state index in [-0.39, 0.29) is 0 Å². The van der Waals surface area contributed by atoms with Gasteiger partial charge in [-0.2, -0.15) is 0 Å². The molecule has 1 aromatic rings. The summed E-state index contributed by atoms with van der Waals surface area (Å²) in [6, 6.07) is 1.29. The summed E-state index contributed by atoms with van der Waals surface area (Å²) in [7, 11) is 0. The molecule has 2 atom stereocenters. The highest BCUT2D eigenvalue weighted by Gasteiger charge is 2.30. The highest BCUT2D eigenvalue weighted by Crippen LogP contribution is 2.21. The van der Waals surface area contributed by atoms with Crippen LogP contribution in [0.5, 0.6) is 0 Å². The molecular weight excluding hydrogens is 254 g/mol. The number of aromatic nitrogens is 1. The first-order valence-electron chi connectivity index (χ1n) is 7.41. The summed E-state index contributed by atoms with van der Waals surface area (Å²) >= 11 is 1.77. The van der Waals surface area contributed by atoms with Crippen molar-refractivity contribution in [2.24, 2.45) is 11.8 Å². The SMILES string of the molecule is CC(C)CC1CN(Cc2cncs2)C(C(C)C)CN1. The summed E-state index contributed by atoms with van der Waals surface area (Å²) in [5.74, 6) is 1.46. The lowest BCUT2D eigenvalue weighted by Crippen LogP contribution is -2.57. The highest BCUT2D eigenvalue weighted by atomic mass is 32.1. The molecule has 2 rings (SSSR count). The van der Waals surface area contributed by atoms with Crippen molar-refractivity contribution in [2.75, 3.05) is 13.1 Å². The molecule has 1 saturated heterocycles. The zero-order valence-corrected chi connectivity index (χ0v) is 13.4. The van der Waals surface area contributed by atoms with Gasteiger partial charge in [-0.3, -0.25) is 9.88 Å². The van der Waals surface area contributed by atoms with Crippen LogP contribution in [0.1, 0.15) is 39.0 Å². The Labute approximate surface area is 121 Å². The van der Waals surface area contributed by atoms with E-state index < -0.39 is 0 Å². The van der Waals surface area contributed by atoms with Crippen molar-refractivity contribution in [3.8, 4) is 0 Å². The van der Waals surface area contributed by atoms with Gasteiger partial charge in [-0.15, -0.1) is 11.3 Å². The topological polar surface area (TPSA) is 28.2 Å². The Morgan fingerprint density at radius 3 is 2.79 bits per heavy atom. The number of thiazole rings is 1. The van der Waals surface area contributed by atoms with E-state index in [0.29, 0.717) is 18.0 Å². The van der Waals surface area contributed by atoms with Crippen LogP contribution in [-0.2, 0) is 6.54 Å². The largest absolute Gasteiger partial charge is 0.311 e. The summed E-state index contributed by atoms with van der Waals surface area (Å²) in [6.07, 6.45) is 3.28. The zero-order chi connectivity index (χ0) is 13.8. The van der Waals surface area contributed by atoms with E-state index in [4.69, 9.17) is 0 Å². The minimum absolute atomic E-state index is 0.642. The molecule has 0 aromatic carbocycles. The predicted octanol–water partition coefficient (Wildman–Crippen LogP) is 2.99. The third-order valence-corrected chi connectivity index (χ3v) is 4.67. The molecule has 4 heteroatoms. The van der Waals surface area contributed by atoms with Crippen molar-refractivity contribution in [3.63, 3.8) is 0 Å². The zero-order valence-electron chi connectivity index (χ0n) is 12.6. The standard InChI is InChI=1S/C15H27N3S/c1-11(2)5-13-8-18(9-14-6-16-10-19-14)15(7-17-13)12(3)4/h6,10-13,15,17H,5,7-9H2,1-4H3. The molecular formula is C15H27N3S. The van der Waals surface area contributed by atoms with Gasteiger partial charge in [0, 0.05) is 42.8 Å². The monoisotopic (exact) mass is 281 g/mol. The smallest absolute Gasteiger partial charge is 0.0794 e. The van der Waals surface area contributed by atoms with Crippen molar-refractivity contribution >= 4 is 11.3 Å². The summed E-state index contributed by atoms with van der Waals surface area (Å²) in [5.41, 5.74) is 1.94. The van der Waals surface area contributed by atoms with Crippen molar-refractivity contribution in [1.82, 2.24) is 15.2 Å². The Bertz CT molecular complexity index is 361. The van der Waals surface area contributed by atoms with Crippen LogP contribution in [0.2, 0.25) is 0 Å². The van der Waals surface area contributed by atoms with Gasteiger partial charge in [-0.1, -0.05) is 27.7 Å². The maximum absolute atomic E-state index is 4.20. The number of nitrogens with one attached hydrogen (secondary N) is 1. The summed E-state index contributed by atoms with van der Waals surface area (Å²) < 4.78 is 0. The number of nitrogens with zero attached hydrogens (tertiary/aromatic N) is 2. The van der Waals surface area contributed by atoms with Crippen LogP contribution in [0.15, 0.2) is 11.7 Å². The third-order valence-electron chi connectivity index (χ3n) is 3.91. The third kappa shape index (κ3) is 4.26. The van der Waals surface area contributed by atoms with Crippen LogP contribution in [0.25, 0.3) is 0 Å². The molecule has 2 unspecified atom stereocenters. The van der Waals surface area contributed by atoms with E-state index in [1.165, 1.54) is 17.8 Å². The quantitative estimate of drug-likeness (QED) is 0.899. The van der Waals surface area contributed by atoms with Crippen LogP contribution in [-0.4, -0.2) is 35.1 Å². The van der Waals surface area contributed by atoms with Crippen LogP contribution in [0, 0.1) is 11.8 Å². The highest BCUT2D eigenvalue weighted by molar-refractivity contribution is 7.09. The molecule has 19 heavy (non-hydrogen) atoms. The lowest BCUT2D eigenvalue weighted by Gasteiger charge is -2.42. The summed E-state index contributed by atoms with van der Waals surface area (Å²) in [4.78, 5) is 8.24. The fourth-order valence-electron chi connectivity index (χ4n) is 2.99. The van der Waals surface area contributed by atoms with E-state index in [2.05, 4.69) is 42.9 Å². The Hall–Kier alpha value is -0.450. The van der Waals surface area contributed by atoms with Gasteiger partial charge in [-0.05, 0) is 18.3 Å². The first kappa shape index (κ1) is 14.9. The lowest BCUT2D eigenvalue weighted by atomic mass is 9.95. The van der Waals surface area contributed by atoms with Crippen LogP contribution < -0.4 is 5.32 Å². The average Bonchev–Trinajstić information content (AvgIpc) is 2.80. The van der Waals surface area contributed by atoms with Gasteiger partial charge in [0.15, 0.2) is 0 Å². The Morgan fingerprint density at radius 1 is 1.42 bits per heavy atom. The Kier molecular flexibility index (Phi) is 5.37. The van der Waals surface area contributed by atoms with Crippen molar-refractivity contribution < 1.29 is 0 Å². The normalized spacial score (nSPS) is 25.4. The van der Waals surface area contributed by atoms with Gasteiger partial charge >= 0.3 is 0 Å². The molecule has 3 nitrogen and oxygen atoms in total. The van der Waals surface area contributed by atoms with E-state index >= 15 is 0 Å². The fourth-order valence-corrected chi connectivity index (χ4v) is 3.61. The second-order valence-electron chi connectivity index (χ2n) is 6.44. The van der Waals surface area contributed by atoms with E-state index in [1.54, 1.807) is 11.3 Å². The molecule has 108 valence electrons. The van der Waals surface area contributed by atoms with Gasteiger partial charge in [0.05, 0.1) is 5.51 Å². The minimum atomic E-state index is 0.642. The van der Waals surface area contributed by atoms with Crippen LogP contribution >= 0.6 is 11.3 Å². The van der Waals surface area contributed by atoms with Crippen LogP contribution in [0.4, 0.5) is 0 Å².